The molecular formula is C19H28O8. The second-order valence-electron chi connectivity index (χ2n) is 8.40. The number of carbonyl (C=O) groups excluding carboxylic acids is 3. The van der Waals surface area contributed by atoms with Gasteiger partial charge in [0.1, 0.15) is 6.10 Å². The van der Waals surface area contributed by atoms with Crippen molar-refractivity contribution in [3.8, 4) is 0 Å². The molecule has 27 heavy (non-hydrogen) atoms. The van der Waals surface area contributed by atoms with E-state index in [0.717, 1.165) is 0 Å². The number of hydrogen-bond acceptors (Lipinski definition) is 8. The molecule has 8 nitrogen and oxygen atoms in total. The van der Waals surface area contributed by atoms with Gasteiger partial charge in [0.05, 0.1) is 18.1 Å². The number of fused-ring (bicyclic) bond motifs is 4. The Morgan fingerprint density at radius 3 is 2.41 bits per heavy atom. The lowest BCUT2D eigenvalue weighted by atomic mass is 9.81. The number of hydrogen-bond donors (Lipinski definition) is 0. The van der Waals surface area contributed by atoms with Crippen LogP contribution in [0, 0.1) is 11.3 Å². The fourth-order valence-electron chi connectivity index (χ4n) is 3.49. The molecule has 0 aromatic carbocycles. The average molecular weight is 384 g/mol. The van der Waals surface area contributed by atoms with Crippen molar-refractivity contribution in [2.75, 3.05) is 6.61 Å². The maximum Gasteiger partial charge on any atom is 0.509 e. The van der Waals surface area contributed by atoms with Crippen LogP contribution >= 0.6 is 0 Å². The van der Waals surface area contributed by atoms with Crippen molar-refractivity contribution in [1.29, 1.82) is 0 Å². The topological polar surface area (TPSA) is 97.4 Å². The average Bonchev–Trinajstić information content (AvgIpc) is 3.10. The highest BCUT2D eigenvalue weighted by atomic mass is 16.8. The van der Waals surface area contributed by atoms with Crippen molar-refractivity contribution in [1.82, 2.24) is 0 Å². The van der Waals surface area contributed by atoms with Gasteiger partial charge in [-0.2, -0.15) is 0 Å². The summed E-state index contributed by atoms with van der Waals surface area (Å²) >= 11 is 0. The molecule has 2 heterocycles. The van der Waals surface area contributed by atoms with Gasteiger partial charge in [0.2, 0.25) is 5.60 Å². The molecule has 2 aliphatic heterocycles. The van der Waals surface area contributed by atoms with Crippen molar-refractivity contribution in [2.45, 2.75) is 83.9 Å². The van der Waals surface area contributed by atoms with E-state index < -0.39 is 47.4 Å². The van der Waals surface area contributed by atoms with Gasteiger partial charge in [0, 0.05) is 12.8 Å². The SMILES string of the molecule is CCC(C)(COC(C)C(C)C)C(=O)OC12CC3OC(=O)OC3C(C1)OC2=O. The first-order valence-corrected chi connectivity index (χ1v) is 9.53. The molecule has 1 aliphatic carbocycles. The van der Waals surface area contributed by atoms with Crippen LogP contribution in [0.25, 0.3) is 0 Å². The van der Waals surface area contributed by atoms with Gasteiger partial charge in [0.25, 0.3) is 0 Å². The van der Waals surface area contributed by atoms with E-state index >= 15 is 0 Å². The van der Waals surface area contributed by atoms with Crippen LogP contribution < -0.4 is 0 Å². The summed E-state index contributed by atoms with van der Waals surface area (Å²) in [6.07, 6.45) is -2.02. The smallest absolute Gasteiger partial charge is 0.455 e. The van der Waals surface area contributed by atoms with E-state index in [9.17, 15) is 14.4 Å². The minimum absolute atomic E-state index is 0.00634. The Labute approximate surface area is 158 Å². The molecule has 0 spiro atoms. The van der Waals surface area contributed by atoms with Crippen molar-refractivity contribution in [3.05, 3.63) is 0 Å². The van der Waals surface area contributed by atoms with E-state index in [1.54, 1.807) is 6.92 Å². The number of ether oxygens (including phenoxy) is 5. The van der Waals surface area contributed by atoms with E-state index in [1.807, 2.05) is 27.7 Å². The first kappa shape index (κ1) is 19.9. The summed E-state index contributed by atoms with van der Waals surface area (Å²) in [5, 5.41) is 0. The first-order valence-electron chi connectivity index (χ1n) is 9.53. The van der Waals surface area contributed by atoms with Crippen LogP contribution in [0.5, 0.6) is 0 Å². The van der Waals surface area contributed by atoms with Crippen molar-refractivity contribution < 1.29 is 38.1 Å². The Balaban J connectivity index is 1.71. The van der Waals surface area contributed by atoms with Gasteiger partial charge in [-0.25, -0.2) is 9.59 Å². The van der Waals surface area contributed by atoms with E-state index in [0.29, 0.717) is 12.3 Å². The molecular weight excluding hydrogens is 356 g/mol. The zero-order valence-electron chi connectivity index (χ0n) is 16.5. The molecule has 6 unspecified atom stereocenters. The van der Waals surface area contributed by atoms with E-state index in [-0.39, 0.29) is 25.6 Å². The van der Waals surface area contributed by atoms with Gasteiger partial charge in [-0.1, -0.05) is 20.8 Å². The molecule has 0 amide bonds. The van der Waals surface area contributed by atoms with Crippen LogP contribution in [0.3, 0.4) is 0 Å². The predicted molar refractivity (Wildman–Crippen MR) is 91.7 cm³/mol. The van der Waals surface area contributed by atoms with Crippen LogP contribution in [0.15, 0.2) is 0 Å². The molecule has 3 aliphatic rings. The summed E-state index contributed by atoms with van der Waals surface area (Å²) in [4.78, 5) is 36.8. The minimum atomic E-state index is -1.43. The minimum Gasteiger partial charge on any atom is -0.455 e. The number of rotatable bonds is 7. The predicted octanol–water partition coefficient (Wildman–Crippen LogP) is 2.37. The highest BCUT2D eigenvalue weighted by Crippen LogP contribution is 2.46. The molecule has 0 radical (unpaired) electrons. The van der Waals surface area contributed by atoms with Crippen LogP contribution in [0.1, 0.15) is 53.9 Å². The maximum absolute atomic E-state index is 13.0. The van der Waals surface area contributed by atoms with Crippen molar-refractivity contribution in [2.24, 2.45) is 11.3 Å². The van der Waals surface area contributed by atoms with E-state index in [1.165, 1.54) is 0 Å². The largest absolute Gasteiger partial charge is 0.509 e. The molecule has 2 bridgehead atoms. The second-order valence-corrected chi connectivity index (χ2v) is 8.40. The Hall–Kier alpha value is -1.83. The third kappa shape index (κ3) is 3.51. The summed E-state index contributed by atoms with van der Waals surface area (Å²) in [6, 6.07) is 0. The molecule has 0 aromatic heterocycles. The molecule has 1 saturated carbocycles. The second kappa shape index (κ2) is 6.96. The fraction of sp³-hybridized carbons (Fsp3) is 0.842. The summed E-state index contributed by atoms with van der Waals surface area (Å²) in [5.41, 5.74) is -2.33. The normalized spacial score (nSPS) is 35.0. The lowest BCUT2D eigenvalue weighted by molar-refractivity contribution is -0.186. The highest BCUT2D eigenvalue weighted by Gasteiger charge is 2.65. The summed E-state index contributed by atoms with van der Waals surface area (Å²) in [5.74, 6) is -0.800. The van der Waals surface area contributed by atoms with E-state index in [4.69, 9.17) is 23.7 Å². The molecule has 8 heteroatoms. The first-order chi connectivity index (χ1) is 12.6. The van der Waals surface area contributed by atoms with Gasteiger partial charge >= 0.3 is 18.1 Å². The van der Waals surface area contributed by atoms with Crippen LogP contribution in [0.2, 0.25) is 0 Å². The third-order valence-corrected chi connectivity index (χ3v) is 6.07. The molecule has 6 atom stereocenters. The third-order valence-electron chi connectivity index (χ3n) is 6.07. The summed E-state index contributed by atoms with van der Waals surface area (Å²) in [7, 11) is 0. The summed E-state index contributed by atoms with van der Waals surface area (Å²) < 4.78 is 27.1. The van der Waals surface area contributed by atoms with Gasteiger partial charge in [0.15, 0.2) is 12.2 Å². The van der Waals surface area contributed by atoms with Crippen molar-refractivity contribution >= 4 is 18.1 Å². The zero-order chi connectivity index (χ0) is 20.0. The molecule has 3 fully saturated rings. The fourth-order valence-corrected chi connectivity index (χ4v) is 3.49. The van der Waals surface area contributed by atoms with Crippen LogP contribution in [-0.4, -0.2) is 54.7 Å². The quantitative estimate of drug-likeness (QED) is 0.487. The van der Waals surface area contributed by atoms with Gasteiger partial charge in [-0.3, -0.25) is 4.79 Å². The van der Waals surface area contributed by atoms with Crippen LogP contribution in [0.4, 0.5) is 4.79 Å². The Bertz CT molecular complexity index is 629. The Kier molecular flexibility index (Phi) is 5.14. The molecule has 152 valence electrons. The van der Waals surface area contributed by atoms with Crippen molar-refractivity contribution in [3.63, 3.8) is 0 Å². The summed E-state index contributed by atoms with van der Waals surface area (Å²) in [6.45, 7) is 9.88. The maximum atomic E-state index is 13.0. The molecule has 3 rings (SSSR count). The molecule has 0 aromatic rings. The monoisotopic (exact) mass is 384 g/mol. The Morgan fingerprint density at radius 2 is 1.81 bits per heavy atom. The molecule has 2 saturated heterocycles. The standard InChI is InChI=1S/C19H28O8/c1-6-18(5,9-23-11(4)10(2)3)15(20)27-19-7-12(24-16(19)21)14-13(8-19)25-17(22)26-14/h10-14H,6-9H2,1-5H3. The van der Waals surface area contributed by atoms with Crippen LogP contribution in [-0.2, 0) is 33.3 Å². The number of esters is 2. The molecule has 0 N–H and O–H groups in total. The lowest BCUT2D eigenvalue weighted by Crippen LogP contribution is -2.52. The highest BCUT2D eigenvalue weighted by molar-refractivity contribution is 5.87. The van der Waals surface area contributed by atoms with E-state index in [2.05, 4.69) is 0 Å². The Morgan fingerprint density at radius 1 is 1.19 bits per heavy atom. The van der Waals surface area contributed by atoms with Gasteiger partial charge in [-0.05, 0) is 26.2 Å². The lowest BCUT2D eigenvalue weighted by Gasteiger charge is -2.36. The van der Waals surface area contributed by atoms with Gasteiger partial charge in [-0.15, -0.1) is 0 Å². The number of carbonyl (C=O) groups is 3. The van der Waals surface area contributed by atoms with Gasteiger partial charge < -0.3 is 23.7 Å². The zero-order valence-corrected chi connectivity index (χ0v) is 16.5.